The molecule has 1 atom stereocenters. The van der Waals surface area contributed by atoms with E-state index in [2.05, 4.69) is 24.2 Å². The Morgan fingerprint density at radius 2 is 1.95 bits per heavy atom. The second-order valence-electron chi connectivity index (χ2n) is 4.91. The van der Waals surface area contributed by atoms with Gasteiger partial charge in [0.25, 0.3) is 0 Å². The molecule has 1 heterocycles. The first kappa shape index (κ1) is 14.2. The summed E-state index contributed by atoms with van der Waals surface area (Å²) >= 11 is 1.50. The van der Waals surface area contributed by atoms with Crippen LogP contribution in [0, 0.1) is 23.4 Å². The number of aliphatic imine (C=N–C) groups is 1. The first-order valence-corrected chi connectivity index (χ1v) is 7.06. The highest BCUT2D eigenvalue weighted by Crippen LogP contribution is 2.25. The van der Waals surface area contributed by atoms with Crippen LogP contribution in [-0.2, 0) is 0 Å². The molecule has 104 valence electrons. The van der Waals surface area contributed by atoms with Crippen molar-refractivity contribution in [3.8, 4) is 0 Å². The van der Waals surface area contributed by atoms with Gasteiger partial charge in [-0.05, 0) is 12.3 Å². The van der Waals surface area contributed by atoms with Crippen LogP contribution in [0.4, 0.5) is 18.9 Å². The highest BCUT2D eigenvalue weighted by atomic mass is 32.2. The number of halogens is 3. The second-order valence-corrected chi connectivity index (χ2v) is 5.92. The molecular formula is C13H15F3N2S. The van der Waals surface area contributed by atoms with Crippen LogP contribution >= 0.6 is 11.8 Å². The summed E-state index contributed by atoms with van der Waals surface area (Å²) in [5.41, 5.74) is 0.174. The maximum atomic E-state index is 13.1. The molecule has 0 saturated heterocycles. The van der Waals surface area contributed by atoms with Gasteiger partial charge in [0.15, 0.2) is 22.6 Å². The van der Waals surface area contributed by atoms with E-state index in [-0.39, 0.29) is 11.7 Å². The van der Waals surface area contributed by atoms with Crippen molar-refractivity contribution in [3.05, 3.63) is 29.6 Å². The average Bonchev–Trinajstić information content (AvgIpc) is 2.72. The molecule has 6 heteroatoms. The standard InChI is InChI=1S/C13H15F3N2S/c1-7(2)3-9-6-19-13(18-9)17-8-4-10(14)12(16)11(15)5-8/h4-5,7,9H,3,6H2,1-2H3,(H,17,18). The van der Waals surface area contributed by atoms with Gasteiger partial charge < -0.3 is 5.32 Å². The van der Waals surface area contributed by atoms with Crippen molar-refractivity contribution in [2.45, 2.75) is 26.3 Å². The third-order valence-electron chi connectivity index (χ3n) is 2.69. The predicted octanol–water partition coefficient (Wildman–Crippen LogP) is 4.03. The minimum absolute atomic E-state index is 0.174. The quantitative estimate of drug-likeness (QED) is 0.849. The molecule has 0 aliphatic carbocycles. The Balaban J connectivity index is 2.06. The fourth-order valence-corrected chi connectivity index (χ4v) is 2.87. The number of nitrogens with zero attached hydrogens (tertiary/aromatic N) is 1. The first-order chi connectivity index (χ1) is 8.95. The fraction of sp³-hybridized carbons (Fsp3) is 0.462. The van der Waals surface area contributed by atoms with E-state index in [0.717, 1.165) is 24.3 Å². The molecule has 2 rings (SSSR count). The Morgan fingerprint density at radius 1 is 1.32 bits per heavy atom. The lowest BCUT2D eigenvalue weighted by molar-refractivity contribution is 0.448. The van der Waals surface area contributed by atoms with Gasteiger partial charge in [0.2, 0.25) is 0 Å². The molecule has 0 fully saturated rings. The molecule has 0 bridgehead atoms. The van der Waals surface area contributed by atoms with Gasteiger partial charge >= 0.3 is 0 Å². The summed E-state index contributed by atoms with van der Waals surface area (Å²) in [4.78, 5) is 4.44. The van der Waals surface area contributed by atoms with Crippen LogP contribution in [0.5, 0.6) is 0 Å². The van der Waals surface area contributed by atoms with Crippen LogP contribution in [0.15, 0.2) is 17.1 Å². The van der Waals surface area contributed by atoms with Gasteiger partial charge in [-0.3, -0.25) is 4.99 Å². The number of amidine groups is 1. The summed E-state index contributed by atoms with van der Waals surface area (Å²) in [7, 11) is 0. The van der Waals surface area contributed by atoms with Crippen LogP contribution in [0.25, 0.3) is 0 Å². The van der Waals surface area contributed by atoms with E-state index in [0.29, 0.717) is 11.1 Å². The lowest BCUT2D eigenvalue weighted by Gasteiger charge is -2.07. The van der Waals surface area contributed by atoms with E-state index in [1.807, 2.05) is 0 Å². The third-order valence-corrected chi connectivity index (χ3v) is 3.72. The van der Waals surface area contributed by atoms with Gasteiger partial charge in [-0.15, -0.1) is 0 Å². The minimum atomic E-state index is -1.45. The van der Waals surface area contributed by atoms with Gasteiger partial charge in [0, 0.05) is 23.6 Å². The molecule has 1 aromatic carbocycles. The predicted molar refractivity (Wildman–Crippen MR) is 73.1 cm³/mol. The van der Waals surface area contributed by atoms with Crippen molar-refractivity contribution < 1.29 is 13.2 Å². The van der Waals surface area contributed by atoms with Gasteiger partial charge in [0.05, 0.1) is 6.04 Å². The monoisotopic (exact) mass is 288 g/mol. The van der Waals surface area contributed by atoms with E-state index in [9.17, 15) is 13.2 Å². The summed E-state index contributed by atoms with van der Waals surface area (Å²) in [5, 5.41) is 3.44. The molecule has 2 nitrogen and oxygen atoms in total. The highest BCUT2D eigenvalue weighted by molar-refractivity contribution is 8.14. The van der Waals surface area contributed by atoms with Crippen LogP contribution in [0.1, 0.15) is 20.3 Å². The van der Waals surface area contributed by atoms with Crippen molar-refractivity contribution in [1.29, 1.82) is 0 Å². The maximum absolute atomic E-state index is 13.1. The molecule has 0 radical (unpaired) electrons. The zero-order valence-corrected chi connectivity index (χ0v) is 11.5. The lowest BCUT2D eigenvalue weighted by atomic mass is 10.1. The van der Waals surface area contributed by atoms with Crippen LogP contribution < -0.4 is 5.32 Å². The molecule has 1 aromatic rings. The fourth-order valence-electron chi connectivity index (χ4n) is 1.90. The Labute approximate surface area is 114 Å². The third kappa shape index (κ3) is 3.65. The number of hydrogen-bond acceptors (Lipinski definition) is 3. The lowest BCUT2D eigenvalue weighted by Crippen LogP contribution is -2.08. The van der Waals surface area contributed by atoms with E-state index >= 15 is 0 Å². The number of benzene rings is 1. The summed E-state index contributed by atoms with van der Waals surface area (Å²) < 4.78 is 38.9. The molecule has 1 unspecified atom stereocenters. The van der Waals surface area contributed by atoms with Crippen molar-refractivity contribution in [3.63, 3.8) is 0 Å². The molecule has 1 aliphatic rings. The summed E-state index contributed by atoms with van der Waals surface area (Å²) in [5.74, 6) is -2.46. The molecule has 19 heavy (non-hydrogen) atoms. The Kier molecular flexibility index (Phi) is 4.39. The zero-order valence-electron chi connectivity index (χ0n) is 10.7. The topological polar surface area (TPSA) is 24.4 Å². The molecule has 0 aromatic heterocycles. The smallest absolute Gasteiger partial charge is 0.194 e. The Hall–Kier alpha value is -1.17. The van der Waals surface area contributed by atoms with Crippen LogP contribution in [0.2, 0.25) is 0 Å². The van der Waals surface area contributed by atoms with Crippen molar-refractivity contribution in [1.82, 2.24) is 0 Å². The average molecular weight is 288 g/mol. The maximum Gasteiger partial charge on any atom is 0.194 e. The summed E-state index contributed by atoms with van der Waals surface area (Å²) in [6.07, 6.45) is 0.977. The second kappa shape index (κ2) is 5.86. The van der Waals surface area contributed by atoms with Crippen LogP contribution in [-0.4, -0.2) is 17.0 Å². The number of hydrogen-bond donors (Lipinski definition) is 1. The van der Waals surface area contributed by atoms with E-state index < -0.39 is 17.5 Å². The molecule has 0 spiro atoms. The molecule has 1 aliphatic heterocycles. The highest BCUT2D eigenvalue weighted by Gasteiger charge is 2.20. The number of thioether (sulfide) groups is 1. The van der Waals surface area contributed by atoms with Gasteiger partial charge in [-0.2, -0.15) is 0 Å². The normalized spacial score (nSPS) is 18.8. The molecule has 0 amide bonds. The molecular weight excluding hydrogens is 273 g/mol. The molecule has 0 saturated carbocycles. The number of rotatable bonds is 3. The largest absolute Gasteiger partial charge is 0.335 e. The van der Waals surface area contributed by atoms with E-state index in [1.165, 1.54) is 11.8 Å². The van der Waals surface area contributed by atoms with Crippen molar-refractivity contribution in [2.24, 2.45) is 10.9 Å². The number of anilines is 1. The van der Waals surface area contributed by atoms with E-state index in [1.54, 1.807) is 0 Å². The Bertz CT molecular complexity index is 480. The van der Waals surface area contributed by atoms with Gasteiger partial charge in [0.1, 0.15) is 0 Å². The summed E-state index contributed by atoms with van der Waals surface area (Å²) in [6, 6.07) is 2.08. The zero-order chi connectivity index (χ0) is 14.0. The SMILES string of the molecule is CC(C)CC1CSC(Nc2cc(F)c(F)c(F)c2)=N1. The summed E-state index contributed by atoms with van der Waals surface area (Å²) in [6.45, 7) is 4.24. The molecule has 1 N–H and O–H groups in total. The van der Waals surface area contributed by atoms with Crippen molar-refractivity contribution >= 4 is 22.6 Å². The van der Waals surface area contributed by atoms with Gasteiger partial charge in [-0.25, -0.2) is 13.2 Å². The van der Waals surface area contributed by atoms with E-state index in [4.69, 9.17) is 0 Å². The first-order valence-electron chi connectivity index (χ1n) is 6.08. The van der Waals surface area contributed by atoms with Crippen LogP contribution in [0.3, 0.4) is 0 Å². The number of nitrogens with one attached hydrogen (secondary N) is 1. The Morgan fingerprint density at radius 3 is 2.53 bits per heavy atom. The van der Waals surface area contributed by atoms with Gasteiger partial charge in [-0.1, -0.05) is 25.6 Å². The van der Waals surface area contributed by atoms with Crippen molar-refractivity contribution in [2.75, 3.05) is 11.1 Å². The minimum Gasteiger partial charge on any atom is -0.335 e.